The van der Waals surface area contributed by atoms with Crippen LogP contribution in [0.15, 0.2) is 24.3 Å². The molecule has 2 aromatic rings. The first-order chi connectivity index (χ1) is 9.15. The number of benzene rings is 1. The molecular formula is C15H21N3O. The van der Waals surface area contributed by atoms with Gasteiger partial charge in [-0.25, -0.2) is 4.98 Å². The summed E-state index contributed by atoms with van der Waals surface area (Å²) in [5, 5.41) is 0. The van der Waals surface area contributed by atoms with Crippen LogP contribution in [0.2, 0.25) is 0 Å². The van der Waals surface area contributed by atoms with E-state index in [4.69, 9.17) is 10.5 Å². The fourth-order valence-electron chi connectivity index (χ4n) is 1.99. The van der Waals surface area contributed by atoms with Crippen LogP contribution in [0.1, 0.15) is 31.3 Å². The van der Waals surface area contributed by atoms with Crippen molar-refractivity contribution in [2.45, 2.75) is 26.7 Å². The Morgan fingerprint density at radius 2 is 2.00 bits per heavy atom. The predicted octanol–water partition coefficient (Wildman–Crippen LogP) is 2.85. The minimum atomic E-state index is 0.246. The van der Waals surface area contributed by atoms with E-state index in [1.165, 1.54) is 0 Å². The number of nitrogens with zero attached hydrogens (tertiary/aromatic N) is 1. The van der Waals surface area contributed by atoms with Crippen molar-refractivity contribution in [1.82, 2.24) is 9.97 Å². The fraction of sp³-hybridized carbons (Fsp3) is 0.400. The number of rotatable bonds is 5. The van der Waals surface area contributed by atoms with Crippen LogP contribution in [0.3, 0.4) is 0 Å². The van der Waals surface area contributed by atoms with Crippen molar-refractivity contribution >= 4 is 0 Å². The molecule has 4 nitrogen and oxygen atoms in total. The Bertz CT molecular complexity index is 531. The van der Waals surface area contributed by atoms with E-state index >= 15 is 0 Å². The summed E-state index contributed by atoms with van der Waals surface area (Å²) in [4.78, 5) is 7.96. The van der Waals surface area contributed by atoms with E-state index in [9.17, 15) is 0 Å². The van der Waals surface area contributed by atoms with Crippen molar-refractivity contribution < 1.29 is 4.74 Å². The Hall–Kier alpha value is -1.81. The largest absolute Gasteiger partial charge is 0.494 e. The van der Waals surface area contributed by atoms with Crippen LogP contribution in [0.25, 0.3) is 11.3 Å². The molecular weight excluding hydrogens is 238 g/mol. The highest BCUT2D eigenvalue weighted by molar-refractivity contribution is 5.62. The van der Waals surface area contributed by atoms with Crippen LogP contribution in [0.4, 0.5) is 0 Å². The molecule has 0 bridgehead atoms. The van der Waals surface area contributed by atoms with Gasteiger partial charge in [0.15, 0.2) is 0 Å². The van der Waals surface area contributed by atoms with E-state index in [0.29, 0.717) is 13.2 Å². The van der Waals surface area contributed by atoms with Crippen molar-refractivity contribution in [2.24, 2.45) is 5.73 Å². The van der Waals surface area contributed by atoms with Gasteiger partial charge in [0.1, 0.15) is 11.6 Å². The third-order valence-electron chi connectivity index (χ3n) is 3.16. The Balaban J connectivity index is 2.28. The summed E-state index contributed by atoms with van der Waals surface area (Å²) >= 11 is 0. The van der Waals surface area contributed by atoms with E-state index < -0.39 is 0 Å². The van der Waals surface area contributed by atoms with E-state index in [2.05, 4.69) is 16.9 Å². The molecule has 0 spiro atoms. The van der Waals surface area contributed by atoms with E-state index in [1.54, 1.807) is 0 Å². The number of nitrogens with one attached hydrogen (secondary N) is 1. The Kier molecular flexibility index (Phi) is 4.22. The van der Waals surface area contributed by atoms with Gasteiger partial charge in [-0.05, 0) is 38.1 Å². The van der Waals surface area contributed by atoms with Crippen molar-refractivity contribution in [3.05, 3.63) is 35.8 Å². The molecule has 0 aliphatic heterocycles. The van der Waals surface area contributed by atoms with Crippen LogP contribution in [-0.2, 0) is 0 Å². The lowest BCUT2D eigenvalue weighted by atomic mass is 10.1. The molecule has 0 saturated carbocycles. The molecule has 4 heteroatoms. The van der Waals surface area contributed by atoms with Crippen LogP contribution >= 0.6 is 0 Å². The van der Waals surface area contributed by atoms with E-state index in [-0.39, 0.29) is 5.92 Å². The van der Waals surface area contributed by atoms with Crippen molar-refractivity contribution in [3.63, 3.8) is 0 Å². The molecule has 0 saturated heterocycles. The van der Waals surface area contributed by atoms with Gasteiger partial charge >= 0.3 is 0 Å². The maximum Gasteiger partial charge on any atom is 0.119 e. The molecule has 0 amide bonds. The molecule has 1 atom stereocenters. The zero-order valence-electron chi connectivity index (χ0n) is 11.7. The number of nitrogens with two attached hydrogens (primary N) is 1. The standard InChI is InChI=1S/C15H21N3O/c1-4-19-13-7-5-12(6-8-13)14-11(3)17-15(18-14)10(2)9-16/h5-8,10H,4,9,16H2,1-3H3,(H,17,18). The lowest BCUT2D eigenvalue weighted by Gasteiger charge is -2.04. The number of hydrogen-bond acceptors (Lipinski definition) is 3. The van der Waals surface area contributed by atoms with Gasteiger partial charge in [-0.1, -0.05) is 6.92 Å². The average Bonchev–Trinajstić information content (AvgIpc) is 2.81. The first kappa shape index (κ1) is 13.6. The maximum absolute atomic E-state index is 5.68. The SMILES string of the molecule is CCOc1ccc(-c2nc(C(C)CN)[nH]c2C)cc1. The summed E-state index contributed by atoms with van der Waals surface area (Å²) < 4.78 is 5.44. The fourth-order valence-corrected chi connectivity index (χ4v) is 1.99. The molecule has 0 aliphatic carbocycles. The first-order valence-corrected chi connectivity index (χ1v) is 6.65. The van der Waals surface area contributed by atoms with Crippen LogP contribution in [-0.4, -0.2) is 23.1 Å². The monoisotopic (exact) mass is 259 g/mol. The lowest BCUT2D eigenvalue weighted by molar-refractivity contribution is 0.340. The smallest absolute Gasteiger partial charge is 0.119 e. The second-order valence-electron chi connectivity index (χ2n) is 4.69. The van der Waals surface area contributed by atoms with Gasteiger partial charge in [0, 0.05) is 23.7 Å². The topological polar surface area (TPSA) is 63.9 Å². The summed E-state index contributed by atoms with van der Waals surface area (Å²) in [6.45, 7) is 7.35. The minimum absolute atomic E-state index is 0.246. The number of aromatic nitrogens is 2. The second kappa shape index (κ2) is 5.89. The first-order valence-electron chi connectivity index (χ1n) is 6.65. The van der Waals surface area contributed by atoms with Crippen LogP contribution in [0, 0.1) is 6.92 Å². The molecule has 1 aromatic heterocycles. The highest BCUT2D eigenvalue weighted by atomic mass is 16.5. The summed E-state index contributed by atoms with van der Waals surface area (Å²) in [6.07, 6.45) is 0. The third kappa shape index (κ3) is 2.96. The summed E-state index contributed by atoms with van der Waals surface area (Å²) in [5.41, 5.74) is 8.82. The van der Waals surface area contributed by atoms with Gasteiger partial charge < -0.3 is 15.5 Å². The number of imidazole rings is 1. The van der Waals surface area contributed by atoms with Gasteiger partial charge in [0.05, 0.1) is 12.3 Å². The minimum Gasteiger partial charge on any atom is -0.494 e. The summed E-state index contributed by atoms with van der Waals surface area (Å²) in [7, 11) is 0. The van der Waals surface area contributed by atoms with E-state index in [1.807, 2.05) is 38.1 Å². The summed E-state index contributed by atoms with van der Waals surface area (Å²) in [6, 6.07) is 8.01. The normalized spacial score (nSPS) is 12.4. The quantitative estimate of drug-likeness (QED) is 0.867. The Morgan fingerprint density at radius 3 is 2.58 bits per heavy atom. The van der Waals surface area contributed by atoms with Gasteiger partial charge in [-0.15, -0.1) is 0 Å². The Morgan fingerprint density at radius 1 is 1.32 bits per heavy atom. The predicted molar refractivity (Wildman–Crippen MR) is 77.4 cm³/mol. The molecule has 1 unspecified atom stereocenters. The summed E-state index contributed by atoms with van der Waals surface area (Å²) in [5.74, 6) is 2.08. The molecule has 0 aliphatic rings. The molecule has 19 heavy (non-hydrogen) atoms. The average molecular weight is 259 g/mol. The molecule has 3 N–H and O–H groups in total. The number of ether oxygens (including phenoxy) is 1. The van der Waals surface area contributed by atoms with E-state index in [0.717, 1.165) is 28.5 Å². The highest BCUT2D eigenvalue weighted by Crippen LogP contribution is 2.25. The molecule has 1 aromatic carbocycles. The number of aryl methyl sites for hydroxylation is 1. The molecule has 0 fully saturated rings. The number of aromatic amines is 1. The second-order valence-corrected chi connectivity index (χ2v) is 4.69. The van der Waals surface area contributed by atoms with Gasteiger partial charge in [0.25, 0.3) is 0 Å². The lowest BCUT2D eigenvalue weighted by Crippen LogP contribution is -2.10. The highest BCUT2D eigenvalue weighted by Gasteiger charge is 2.13. The van der Waals surface area contributed by atoms with Crippen molar-refractivity contribution in [2.75, 3.05) is 13.2 Å². The number of H-pyrrole nitrogens is 1. The van der Waals surface area contributed by atoms with Crippen molar-refractivity contribution in [1.29, 1.82) is 0 Å². The molecule has 102 valence electrons. The zero-order chi connectivity index (χ0) is 13.8. The van der Waals surface area contributed by atoms with Gasteiger partial charge in [-0.2, -0.15) is 0 Å². The van der Waals surface area contributed by atoms with Crippen LogP contribution < -0.4 is 10.5 Å². The zero-order valence-corrected chi connectivity index (χ0v) is 11.7. The van der Waals surface area contributed by atoms with Gasteiger partial charge in [-0.3, -0.25) is 0 Å². The molecule has 0 radical (unpaired) electrons. The molecule has 1 heterocycles. The number of hydrogen-bond donors (Lipinski definition) is 2. The van der Waals surface area contributed by atoms with Crippen molar-refractivity contribution in [3.8, 4) is 17.0 Å². The molecule has 2 rings (SSSR count). The van der Waals surface area contributed by atoms with Gasteiger partial charge in [0.2, 0.25) is 0 Å². The maximum atomic E-state index is 5.68. The third-order valence-corrected chi connectivity index (χ3v) is 3.16. The van der Waals surface area contributed by atoms with Crippen LogP contribution in [0.5, 0.6) is 5.75 Å². The Labute approximate surface area is 114 Å².